The monoisotopic (exact) mass is 263 g/mol. The Kier molecular flexibility index (Phi) is 6.18. The lowest BCUT2D eigenvalue weighted by Gasteiger charge is -2.11. The number of nitrogens with one attached hydrogen (secondary N) is 1. The molecule has 0 aliphatic rings. The van der Waals surface area contributed by atoms with Crippen molar-refractivity contribution in [2.75, 3.05) is 13.2 Å². The molecule has 1 rings (SSSR count). The van der Waals surface area contributed by atoms with Gasteiger partial charge in [0.25, 0.3) is 5.91 Å². The van der Waals surface area contributed by atoms with Crippen molar-refractivity contribution in [3.63, 3.8) is 0 Å². The summed E-state index contributed by atoms with van der Waals surface area (Å²) in [7, 11) is 0. The van der Waals surface area contributed by atoms with Gasteiger partial charge in [-0.1, -0.05) is 18.7 Å². The maximum atomic E-state index is 10.9. The van der Waals surface area contributed by atoms with E-state index in [0.717, 1.165) is 5.56 Å². The van der Waals surface area contributed by atoms with Crippen LogP contribution in [0.4, 0.5) is 0 Å². The van der Waals surface area contributed by atoms with E-state index in [1.165, 1.54) is 11.6 Å². The lowest BCUT2D eigenvalue weighted by atomic mass is 10.2. The molecule has 1 aromatic carbocycles. The summed E-state index contributed by atoms with van der Waals surface area (Å²) in [5.74, 6) is 0.617. The zero-order chi connectivity index (χ0) is 14.1. The molecule has 0 saturated carbocycles. The molecule has 0 spiro atoms. The highest BCUT2D eigenvalue weighted by atomic mass is 16.5. The molecule has 0 aromatic heterocycles. The summed E-state index contributed by atoms with van der Waals surface area (Å²) in [6.07, 6.45) is 4.43. The Hall–Kier alpha value is -2.27. The minimum atomic E-state index is -0.593. The largest absolute Gasteiger partial charge is 0.490 e. The van der Waals surface area contributed by atoms with Crippen molar-refractivity contribution >= 4 is 12.0 Å². The van der Waals surface area contributed by atoms with Gasteiger partial charge in [0.1, 0.15) is 6.61 Å². The summed E-state index contributed by atoms with van der Waals surface area (Å²) in [4.78, 5) is 10.9. The fourth-order valence-corrected chi connectivity index (χ4v) is 1.37. The zero-order valence-corrected chi connectivity index (χ0v) is 10.8. The standard InChI is InChI=1S/C14H17NO4/c1-3-9-19-12-7-5-11(6-8-14(16)15-17)10-13(12)18-4-2/h3,5-8,10,17H,1,4,9H2,2H3,(H,15,16). The minimum Gasteiger partial charge on any atom is -0.490 e. The fourth-order valence-electron chi connectivity index (χ4n) is 1.37. The van der Waals surface area contributed by atoms with Gasteiger partial charge in [-0.3, -0.25) is 10.0 Å². The first-order valence-electron chi connectivity index (χ1n) is 5.84. The summed E-state index contributed by atoms with van der Waals surface area (Å²) < 4.78 is 10.9. The van der Waals surface area contributed by atoms with Gasteiger partial charge in [-0.2, -0.15) is 0 Å². The maximum Gasteiger partial charge on any atom is 0.267 e. The molecule has 5 nitrogen and oxygen atoms in total. The van der Waals surface area contributed by atoms with Crippen LogP contribution in [-0.4, -0.2) is 24.3 Å². The van der Waals surface area contributed by atoms with Crippen LogP contribution in [0.3, 0.4) is 0 Å². The molecule has 102 valence electrons. The van der Waals surface area contributed by atoms with Gasteiger partial charge in [0.15, 0.2) is 11.5 Å². The van der Waals surface area contributed by atoms with Crippen molar-refractivity contribution in [2.45, 2.75) is 6.92 Å². The molecule has 0 unspecified atom stereocenters. The Morgan fingerprint density at radius 3 is 2.84 bits per heavy atom. The van der Waals surface area contributed by atoms with Crippen molar-refractivity contribution in [2.24, 2.45) is 0 Å². The summed E-state index contributed by atoms with van der Waals surface area (Å²) in [5, 5.41) is 8.39. The first kappa shape index (κ1) is 14.8. The number of hydroxylamine groups is 1. The Labute approximate surface area is 112 Å². The molecule has 0 atom stereocenters. The van der Waals surface area contributed by atoms with E-state index >= 15 is 0 Å². The van der Waals surface area contributed by atoms with Crippen LogP contribution < -0.4 is 15.0 Å². The Morgan fingerprint density at radius 1 is 1.42 bits per heavy atom. The maximum absolute atomic E-state index is 10.9. The molecule has 2 N–H and O–H groups in total. The first-order valence-corrected chi connectivity index (χ1v) is 5.84. The fraction of sp³-hybridized carbons (Fsp3) is 0.214. The van der Waals surface area contributed by atoms with Crippen molar-refractivity contribution in [3.8, 4) is 11.5 Å². The molecule has 19 heavy (non-hydrogen) atoms. The lowest BCUT2D eigenvalue weighted by molar-refractivity contribution is -0.124. The summed E-state index contributed by atoms with van der Waals surface area (Å²) >= 11 is 0. The van der Waals surface area contributed by atoms with Gasteiger partial charge in [-0.15, -0.1) is 0 Å². The third-order valence-corrected chi connectivity index (χ3v) is 2.16. The third-order valence-electron chi connectivity index (χ3n) is 2.16. The van der Waals surface area contributed by atoms with Crippen LogP contribution in [0, 0.1) is 0 Å². The SMILES string of the molecule is C=CCOc1ccc(C=CC(=O)NO)cc1OCC. The second kappa shape index (κ2) is 7.94. The second-order valence-electron chi connectivity index (χ2n) is 3.55. The highest BCUT2D eigenvalue weighted by Gasteiger charge is 2.05. The van der Waals surface area contributed by atoms with Crippen LogP contribution in [0.5, 0.6) is 11.5 Å². The van der Waals surface area contributed by atoms with Gasteiger partial charge in [-0.05, 0) is 30.7 Å². The summed E-state index contributed by atoms with van der Waals surface area (Å²) in [6.45, 7) is 6.36. The van der Waals surface area contributed by atoms with E-state index in [-0.39, 0.29) is 0 Å². The molecule has 0 aliphatic heterocycles. The van der Waals surface area contributed by atoms with E-state index in [0.29, 0.717) is 24.7 Å². The molecular weight excluding hydrogens is 246 g/mol. The predicted molar refractivity (Wildman–Crippen MR) is 72.3 cm³/mol. The second-order valence-corrected chi connectivity index (χ2v) is 3.55. The topological polar surface area (TPSA) is 67.8 Å². The van der Waals surface area contributed by atoms with E-state index in [2.05, 4.69) is 6.58 Å². The van der Waals surface area contributed by atoms with E-state index in [1.807, 2.05) is 6.92 Å². The van der Waals surface area contributed by atoms with Crippen LogP contribution >= 0.6 is 0 Å². The van der Waals surface area contributed by atoms with Crippen LogP contribution in [0.2, 0.25) is 0 Å². The molecule has 0 radical (unpaired) electrons. The number of benzene rings is 1. The van der Waals surface area contributed by atoms with Crippen LogP contribution in [0.15, 0.2) is 36.9 Å². The number of carbonyl (C=O) groups excluding carboxylic acids is 1. The smallest absolute Gasteiger partial charge is 0.267 e. The van der Waals surface area contributed by atoms with Crippen LogP contribution in [-0.2, 0) is 4.79 Å². The van der Waals surface area contributed by atoms with Gasteiger partial charge < -0.3 is 9.47 Å². The zero-order valence-electron chi connectivity index (χ0n) is 10.8. The van der Waals surface area contributed by atoms with Gasteiger partial charge >= 0.3 is 0 Å². The van der Waals surface area contributed by atoms with E-state index in [9.17, 15) is 4.79 Å². The molecule has 0 heterocycles. The summed E-state index contributed by atoms with van der Waals surface area (Å²) in [6, 6.07) is 5.29. The quantitative estimate of drug-likeness (QED) is 0.342. The highest BCUT2D eigenvalue weighted by Crippen LogP contribution is 2.29. The Bertz CT molecular complexity index is 469. The lowest BCUT2D eigenvalue weighted by Crippen LogP contribution is -2.14. The van der Waals surface area contributed by atoms with Gasteiger partial charge in [-0.25, -0.2) is 5.48 Å². The molecule has 0 fully saturated rings. The highest BCUT2D eigenvalue weighted by molar-refractivity contribution is 5.90. The Balaban J connectivity index is 2.91. The van der Waals surface area contributed by atoms with Crippen LogP contribution in [0.25, 0.3) is 6.08 Å². The van der Waals surface area contributed by atoms with Crippen LogP contribution in [0.1, 0.15) is 12.5 Å². The van der Waals surface area contributed by atoms with E-state index < -0.39 is 5.91 Å². The minimum absolute atomic E-state index is 0.391. The molecule has 5 heteroatoms. The Morgan fingerprint density at radius 2 is 2.21 bits per heavy atom. The third kappa shape index (κ3) is 4.85. The molecule has 0 saturated heterocycles. The van der Waals surface area contributed by atoms with Gasteiger partial charge in [0, 0.05) is 6.08 Å². The average Bonchev–Trinajstić information content (AvgIpc) is 2.44. The first-order chi connectivity index (χ1) is 9.21. The number of rotatable bonds is 7. The van der Waals surface area contributed by atoms with Crippen molar-refractivity contribution in [1.82, 2.24) is 5.48 Å². The summed E-state index contributed by atoms with van der Waals surface area (Å²) in [5.41, 5.74) is 2.28. The molecule has 0 aliphatic carbocycles. The van der Waals surface area contributed by atoms with Gasteiger partial charge in [0.05, 0.1) is 6.61 Å². The van der Waals surface area contributed by atoms with Crippen molar-refractivity contribution < 1.29 is 19.5 Å². The number of hydrogen-bond donors (Lipinski definition) is 2. The molecular formula is C14H17NO4. The molecule has 1 aromatic rings. The van der Waals surface area contributed by atoms with Gasteiger partial charge in [0.2, 0.25) is 0 Å². The number of amides is 1. The predicted octanol–water partition coefficient (Wildman–Crippen LogP) is 2.17. The van der Waals surface area contributed by atoms with E-state index in [4.69, 9.17) is 14.7 Å². The number of hydrogen-bond acceptors (Lipinski definition) is 4. The van der Waals surface area contributed by atoms with Crippen molar-refractivity contribution in [1.29, 1.82) is 0 Å². The normalized spacial score (nSPS) is 10.2. The average molecular weight is 263 g/mol. The number of ether oxygens (including phenoxy) is 2. The molecule has 0 bridgehead atoms. The van der Waals surface area contributed by atoms with Crippen molar-refractivity contribution in [3.05, 3.63) is 42.5 Å². The number of carbonyl (C=O) groups is 1. The molecule has 1 amide bonds. The van der Waals surface area contributed by atoms with E-state index in [1.54, 1.807) is 30.4 Å².